The zero-order chi connectivity index (χ0) is 10.7. The van der Waals surface area contributed by atoms with E-state index in [-0.39, 0.29) is 0 Å². The fraction of sp³-hybridized carbons (Fsp3) is 0.636. The lowest BCUT2D eigenvalue weighted by atomic mass is 10.0. The van der Waals surface area contributed by atoms with Crippen molar-refractivity contribution in [3.63, 3.8) is 0 Å². The molecule has 1 unspecified atom stereocenters. The number of aryl methyl sites for hydroxylation is 1. The number of rotatable bonds is 2. The molecule has 2 rings (SSSR count). The standard InChI is InChI=1S/C11H16BrN3/c1-9-5-6-13-11(14-9)15-7-3-2-4-10(15)8-12/h5-6,10H,2-4,7-8H2,1H3. The van der Waals surface area contributed by atoms with Gasteiger partial charge in [0.2, 0.25) is 5.95 Å². The molecule has 1 aromatic rings. The fourth-order valence-corrected chi connectivity index (χ4v) is 2.67. The molecular weight excluding hydrogens is 254 g/mol. The van der Waals surface area contributed by atoms with Crippen molar-refractivity contribution >= 4 is 21.9 Å². The molecular formula is C11H16BrN3. The lowest BCUT2D eigenvalue weighted by Gasteiger charge is -2.34. The van der Waals surface area contributed by atoms with Gasteiger partial charge in [0, 0.05) is 29.8 Å². The second kappa shape index (κ2) is 4.92. The van der Waals surface area contributed by atoms with Crippen LogP contribution >= 0.6 is 15.9 Å². The van der Waals surface area contributed by atoms with Crippen LogP contribution in [0.5, 0.6) is 0 Å². The molecule has 0 amide bonds. The van der Waals surface area contributed by atoms with E-state index in [1.54, 1.807) is 0 Å². The molecule has 1 aliphatic rings. The highest BCUT2D eigenvalue weighted by Crippen LogP contribution is 2.22. The molecule has 82 valence electrons. The summed E-state index contributed by atoms with van der Waals surface area (Å²) in [6.07, 6.45) is 5.65. The number of alkyl halides is 1. The normalized spacial score (nSPS) is 21.7. The largest absolute Gasteiger partial charge is 0.337 e. The number of aromatic nitrogens is 2. The van der Waals surface area contributed by atoms with Gasteiger partial charge in [-0.1, -0.05) is 15.9 Å². The van der Waals surface area contributed by atoms with Gasteiger partial charge in [-0.05, 0) is 32.3 Å². The van der Waals surface area contributed by atoms with Gasteiger partial charge in [-0.2, -0.15) is 0 Å². The van der Waals surface area contributed by atoms with Gasteiger partial charge < -0.3 is 4.90 Å². The SMILES string of the molecule is Cc1ccnc(N2CCCCC2CBr)n1. The Morgan fingerprint density at radius 3 is 3.13 bits per heavy atom. The highest BCUT2D eigenvalue weighted by Gasteiger charge is 2.23. The molecule has 1 atom stereocenters. The minimum Gasteiger partial charge on any atom is -0.337 e. The first-order valence-electron chi connectivity index (χ1n) is 5.43. The summed E-state index contributed by atoms with van der Waals surface area (Å²) in [6, 6.07) is 2.50. The first-order valence-corrected chi connectivity index (χ1v) is 6.55. The topological polar surface area (TPSA) is 29.0 Å². The third kappa shape index (κ3) is 2.48. The van der Waals surface area contributed by atoms with Gasteiger partial charge in [0.05, 0.1) is 0 Å². The van der Waals surface area contributed by atoms with E-state index in [1.165, 1.54) is 19.3 Å². The smallest absolute Gasteiger partial charge is 0.225 e. The van der Waals surface area contributed by atoms with Crippen LogP contribution in [-0.4, -0.2) is 27.9 Å². The van der Waals surface area contributed by atoms with Crippen LogP contribution in [0, 0.1) is 6.92 Å². The van der Waals surface area contributed by atoms with Gasteiger partial charge in [0.25, 0.3) is 0 Å². The Morgan fingerprint density at radius 1 is 1.53 bits per heavy atom. The molecule has 4 heteroatoms. The molecule has 0 bridgehead atoms. The van der Waals surface area contributed by atoms with Crippen molar-refractivity contribution in [2.45, 2.75) is 32.2 Å². The minimum absolute atomic E-state index is 0.556. The van der Waals surface area contributed by atoms with Crippen molar-refractivity contribution in [2.75, 3.05) is 16.8 Å². The van der Waals surface area contributed by atoms with Gasteiger partial charge in [-0.25, -0.2) is 9.97 Å². The Balaban J connectivity index is 2.20. The van der Waals surface area contributed by atoms with Crippen LogP contribution < -0.4 is 4.90 Å². The van der Waals surface area contributed by atoms with E-state index in [1.807, 2.05) is 19.2 Å². The van der Waals surface area contributed by atoms with Crippen LogP contribution in [-0.2, 0) is 0 Å². The maximum absolute atomic E-state index is 4.49. The highest BCUT2D eigenvalue weighted by atomic mass is 79.9. The summed E-state index contributed by atoms with van der Waals surface area (Å²) in [7, 11) is 0. The third-order valence-corrected chi connectivity index (χ3v) is 3.59. The van der Waals surface area contributed by atoms with E-state index in [0.29, 0.717) is 6.04 Å². The summed E-state index contributed by atoms with van der Waals surface area (Å²) in [5.74, 6) is 0.888. The maximum atomic E-state index is 4.49. The summed E-state index contributed by atoms with van der Waals surface area (Å²) in [5.41, 5.74) is 1.04. The Morgan fingerprint density at radius 2 is 2.40 bits per heavy atom. The summed E-state index contributed by atoms with van der Waals surface area (Å²) in [5, 5.41) is 1.00. The quantitative estimate of drug-likeness (QED) is 0.773. The van der Waals surface area contributed by atoms with Crippen molar-refractivity contribution < 1.29 is 0 Å². The van der Waals surface area contributed by atoms with E-state index in [2.05, 4.69) is 30.8 Å². The van der Waals surface area contributed by atoms with Crippen molar-refractivity contribution in [3.8, 4) is 0 Å². The number of anilines is 1. The average molecular weight is 270 g/mol. The lowest BCUT2D eigenvalue weighted by molar-refractivity contribution is 0.483. The molecule has 2 heterocycles. The fourth-order valence-electron chi connectivity index (χ4n) is 2.00. The molecule has 0 spiro atoms. The van der Waals surface area contributed by atoms with Gasteiger partial charge >= 0.3 is 0 Å². The molecule has 1 aromatic heterocycles. The van der Waals surface area contributed by atoms with Gasteiger partial charge in [0.1, 0.15) is 0 Å². The second-order valence-electron chi connectivity index (χ2n) is 4.00. The van der Waals surface area contributed by atoms with Crippen molar-refractivity contribution in [1.29, 1.82) is 0 Å². The molecule has 0 aliphatic carbocycles. The Labute approximate surface area is 99.0 Å². The molecule has 3 nitrogen and oxygen atoms in total. The van der Waals surface area contributed by atoms with Gasteiger partial charge in [-0.15, -0.1) is 0 Å². The Kier molecular flexibility index (Phi) is 3.57. The van der Waals surface area contributed by atoms with Crippen LogP contribution in [0.25, 0.3) is 0 Å². The molecule has 1 fully saturated rings. The number of piperidine rings is 1. The predicted molar refractivity (Wildman–Crippen MR) is 65.5 cm³/mol. The van der Waals surface area contributed by atoms with Crippen LogP contribution in [0.4, 0.5) is 5.95 Å². The zero-order valence-electron chi connectivity index (χ0n) is 8.99. The average Bonchev–Trinajstić information content (AvgIpc) is 2.29. The molecule has 15 heavy (non-hydrogen) atoms. The van der Waals surface area contributed by atoms with Gasteiger partial charge in [0.15, 0.2) is 0 Å². The predicted octanol–water partition coefficient (Wildman–Crippen LogP) is 2.54. The number of halogens is 1. The van der Waals surface area contributed by atoms with E-state index in [0.717, 1.165) is 23.5 Å². The summed E-state index contributed by atoms with van der Waals surface area (Å²) in [6.45, 7) is 3.10. The third-order valence-electron chi connectivity index (χ3n) is 2.84. The first kappa shape index (κ1) is 10.9. The van der Waals surface area contributed by atoms with E-state index < -0.39 is 0 Å². The van der Waals surface area contributed by atoms with Crippen molar-refractivity contribution in [1.82, 2.24) is 9.97 Å². The van der Waals surface area contributed by atoms with Crippen LogP contribution in [0.15, 0.2) is 12.3 Å². The first-order chi connectivity index (χ1) is 7.31. The minimum atomic E-state index is 0.556. The van der Waals surface area contributed by atoms with E-state index in [4.69, 9.17) is 0 Å². The zero-order valence-corrected chi connectivity index (χ0v) is 10.6. The Hall–Kier alpha value is -0.640. The molecule has 0 aromatic carbocycles. The highest BCUT2D eigenvalue weighted by molar-refractivity contribution is 9.09. The summed E-state index contributed by atoms with van der Waals surface area (Å²) in [4.78, 5) is 11.2. The van der Waals surface area contributed by atoms with Crippen molar-refractivity contribution in [2.24, 2.45) is 0 Å². The van der Waals surface area contributed by atoms with E-state index in [9.17, 15) is 0 Å². The van der Waals surface area contributed by atoms with Gasteiger partial charge in [-0.3, -0.25) is 0 Å². The Bertz CT molecular complexity index is 329. The summed E-state index contributed by atoms with van der Waals surface area (Å²) >= 11 is 3.57. The van der Waals surface area contributed by atoms with Crippen LogP contribution in [0.2, 0.25) is 0 Å². The molecule has 1 saturated heterocycles. The van der Waals surface area contributed by atoms with Crippen LogP contribution in [0.1, 0.15) is 25.0 Å². The number of hydrogen-bond acceptors (Lipinski definition) is 3. The molecule has 0 radical (unpaired) electrons. The number of hydrogen-bond donors (Lipinski definition) is 0. The van der Waals surface area contributed by atoms with Crippen LogP contribution in [0.3, 0.4) is 0 Å². The number of nitrogens with zero attached hydrogens (tertiary/aromatic N) is 3. The monoisotopic (exact) mass is 269 g/mol. The lowest BCUT2D eigenvalue weighted by Crippen LogP contribution is -2.41. The second-order valence-corrected chi connectivity index (χ2v) is 4.64. The molecule has 0 saturated carbocycles. The molecule has 1 aliphatic heterocycles. The maximum Gasteiger partial charge on any atom is 0.225 e. The van der Waals surface area contributed by atoms with E-state index >= 15 is 0 Å². The molecule has 0 N–H and O–H groups in total. The summed E-state index contributed by atoms with van der Waals surface area (Å²) < 4.78 is 0. The van der Waals surface area contributed by atoms with Crippen molar-refractivity contribution in [3.05, 3.63) is 18.0 Å².